The van der Waals surface area contributed by atoms with Gasteiger partial charge in [0.05, 0.1) is 20.8 Å². The van der Waals surface area contributed by atoms with E-state index in [9.17, 15) is 9.59 Å². The number of amides is 3. The van der Waals surface area contributed by atoms with Gasteiger partial charge in [-0.2, -0.15) is 0 Å². The summed E-state index contributed by atoms with van der Waals surface area (Å²) in [7, 11) is 3.22. The molecule has 9 heteroatoms. The molecule has 0 unspecified atom stereocenters. The number of urea groups is 1. The van der Waals surface area contributed by atoms with E-state index in [0.29, 0.717) is 57.2 Å². The maximum Gasteiger partial charge on any atom is 0.322 e. The molecule has 222 valence electrons. The normalized spacial score (nSPS) is 10.8. The fourth-order valence-corrected chi connectivity index (χ4v) is 5.42. The summed E-state index contributed by atoms with van der Waals surface area (Å²) in [5.74, 6) is 1.21. The lowest BCUT2D eigenvalue weighted by molar-refractivity contribution is -0.132. The minimum Gasteiger partial charge on any atom is -0.493 e. The Bertz CT molecular complexity index is 1260. The van der Waals surface area contributed by atoms with Crippen LogP contribution in [0.25, 0.3) is 0 Å². The van der Waals surface area contributed by atoms with Gasteiger partial charge in [-0.15, -0.1) is 11.3 Å². The fraction of sp³-hybridized carbons (Fsp3) is 0.438. The van der Waals surface area contributed by atoms with Crippen molar-refractivity contribution < 1.29 is 23.8 Å². The van der Waals surface area contributed by atoms with Gasteiger partial charge in [0.1, 0.15) is 6.54 Å². The molecule has 0 radical (unpaired) electrons. The first-order valence-electron chi connectivity index (χ1n) is 14.1. The van der Waals surface area contributed by atoms with E-state index in [1.807, 2.05) is 54.3 Å². The Morgan fingerprint density at radius 1 is 0.927 bits per heavy atom. The highest BCUT2D eigenvalue weighted by Gasteiger charge is 2.23. The number of methoxy groups -OCH3 is 2. The number of nitrogens with zero attached hydrogens (tertiary/aromatic N) is 2. The Kier molecular flexibility index (Phi) is 13.0. The van der Waals surface area contributed by atoms with E-state index >= 15 is 0 Å². The highest BCUT2D eigenvalue weighted by atomic mass is 32.1. The fourth-order valence-electron chi connectivity index (χ4n) is 4.51. The van der Waals surface area contributed by atoms with Crippen molar-refractivity contribution in [2.45, 2.75) is 46.6 Å². The molecule has 0 aliphatic rings. The lowest BCUT2D eigenvalue weighted by Crippen LogP contribution is -2.45. The molecule has 3 aromatic rings. The number of rotatable bonds is 16. The van der Waals surface area contributed by atoms with Gasteiger partial charge in [0.15, 0.2) is 11.5 Å². The van der Waals surface area contributed by atoms with E-state index in [1.165, 1.54) is 4.88 Å². The smallest absolute Gasteiger partial charge is 0.322 e. The maximum absolute atomic E-state index is 13.8. The zero-order valence-corrected chi connectivity index (χ0v) is 25.7. The van der Waals surface area contributed by atoms with Gasteiger partial charge in [0, 0.05) is 41.7 Å². The molecular formula is C32H43N3O5S. The number of hydrogen-bond donors (Lipinski definition) is 1. The summed E-state index contributed by atoms with van der Waals surface area (Å²) in [6.07, 6.45) is 2.07. The zero-order chi connectivity index (χ0) is 29.6. The summed E-state index contributed by atoms with van der Waals surface area (Å²) in [6, 6.07) is 17.4. The number of aryl methyl sites for hydroxylation is 2. The largest absolute Gasteiger partial charge is 0.493 e. The minimum absolute atomic E-state index is 0.0253. The maximum atomic E-state index is 13.8. The molecular weight excluding hydrogens is 538 g/mol. The first kappa shape index (κ1) is 32.0. The molecule has 2 aromatic carbocycles. The number of carbonyl (C=O) groups is 2. The van der Waals surface area contributed by atoms with Crippen LogP contribution in [0, 0.1) is 6.92 Å². The van der Waals surface area contributed by atoms with Crippen molar-refractivity contribution in [1.29, 1.82) is 0 Å². The number of para-hydroxylation sites is 1. The Balaban J connectivity index is 1.78. The van der Waals surface area contributed by atoms with Crippen LogP contribution in [0.5, 0.6) is 11.5 Å². The number of thiophene rings is 1. The number of hydrogen-bond acceptors (Lipinski definition) is 6. The summed E-state index contributed by atoms with van der Waals surface area (Å²) in [4.78, 5) is 33.0. The lowest BCUT2D eigenvalue weighted by atomic mass is 10.1. The topological polar surface area (TPSA) is 80.3 Å². The Labute approximate surface area is 248 Å². The molecule has 1 N–H and O–H groups in total. The van der Waals surface area contributed by atoms with Crippen molar-refractivity contribution in [2.75, 3.05) is 52.4 Å². The van der Waals surface area contributed by atoms with Gasteiger partial charge in [0.2, 0.25) is 5.91 Å². The summed E-state index contributed by atoms with van der Waals surface area (Å²) in [5, 5.41) is 3.03. The molecule has 0 bridgehead atoms. The van der Waals surface area contributed by atoms with Crippen LogP contribution in [0.3, 0.4) is 0 Å². The molecule has 3 rings (SSSR count). The van der Waals surface area contributed by atoms with E-state index in [1.54, 1.807) is 30.5 Å². The van der Waals surface area contributed by atoms with Gasteiger partial charge in [-0.25, -0.2) is 4.79 Å². The number of anilines is 1. The summed E-state index contributed by atoms with van der Waals surface area (Å²) >= 11 is 1.68. The van der Waals surface area contributed by atoms with Crippen LogP contribution >= 0.6 is 11.3 Å². The van der Waals surface area contributed by atoms with Gasteiger partial charge in [-0.05, 0) is 74.6 Å². The Morgan fingerprint density at radius 2 is 1.71 bits per heavy atom. The van der Waals surface area contributed by atoms with Crippen LogP contribution in [0.1, 0.15) is 41.1 Å². The predicted molar refractivity (Wildman–Crippen MR) is 165 cm³/mol. The van der Waals surface area contributed by atoms with E-state index in [-0.39, 0.29) is 18.5 Å². The van der Waals surface area contributed by atoms with E-state index < -0.39 is 0 Å². The first-order chi connectivity index (χ1) is 19.9. The third-order valence-electron chi connectivity index (χ3n) is 6.79. The van der Waals surface area contributed by atoms with Crippen LogP contribution in [0.15, 0.2) is 54.6 Å². The highest BCUT2D eigenvalue weighted by Crippen LogP contribution is 2.28. The van der Waals surface area contributed by atoms with Gasteiger partial charge in [-0.1, -0.05) is 31.2 Å². The molecule has 0 fully saturated rings. The molecule has 0 saturated heterocycles. The molecule has 0 aliphatic carbocycles. The number of ether oxygens (including phenoxy) is 3. The summed E-state index contributed by atoms with van der Waals surface area (Å²) in [5.41, 5.74) is 2.85. The Morgan fingerprint density at radius 3 is 2.39 bits per heavy atom. The highest BCUT2D eigenvalue weighted by molar-refractivity contribution is 7.11. The van der Waals surface area contributed by atoms with Crippen LogP contribution in [-0.2, 0) is 28.9 Å². The summed E-state index contributed by atoms with van der Waals surface area (Å²) < 4.78 is 16.3. The van der Waals surface area contributed by atoms with E-state index in [0.717, 1.165) is 28.1 Å². The zero-order valence-electron chi connectivity index (χ0n) is 24.9. The van der Waals surface area contributed by atoms with E-state index in [4.69, 9.17) is 14.2 Å². The minimum atomic E-state index is -0.289. The van der Waals surface area contributed by atoms with Gasteiger partial charge in [0.25, 0.3) is 0 Å². The average Bonchev–Trinajstić information content (AvgIpc) is 3.40. The molecule has 0 atom stereocenters. The van der Waals surface area contributed by atoms with Gasteiger partial charge < -0.3 is 29.3 Å². The second kappa shape index (κ2) is 16.6. The SMILES string of the molecule is CCOCCCN(CC(=O)N(CCc1ccc(OC)c(OC)c1)Cc1ccc(C)s1)C(=O)Nc1ccccc1CC. The van der Waals surface area contributed by atoms with Crippen LogP contribution < -0.4 is 14.8 Å². The molecule has 0 spiro atoms. The summed E-state index contributed by atoms with van der Waals surface area (Å²) in [6.45, 7) is 8.56. The van der Waals surface area contributed by atoms with Crippen molar-refractivity contribution in [3.8, 4) is 11.5 Å². The average molecular weight is 582 g/mol. The second-order valence-corrected chi connectivity index (χ2v) is 11.1. The molecule has 0 saturated carbocycles. The molecule has 1 aromatic heterocycles. The monoisotopic (exact) mass is 581 g/mol. The number of carbonyl (C=O) groups excluding carboxylic acids is 2. The Hall–Kier alpha value is -3.56. The van der Waals surface area contributed by atoms with Crippen molar-refractivity contribution in [2.24, 2.45) is 0 Å². The molecule has 0 aliphatic heterocycles. The second-order valence-electron chi connectivity index (χ2n) is 9.68. The standard InChI is InChI=1S/C32H43N3O5S/c1-6-26-11-8-9-12-28(26)33-32(37)35(18-10-20-40-7-2)23-31(36)34(22-27-15-13-24(3)41-27)19-17-25-14-16-29(38-4)30(21-25)39-5/h8-9,11-16,21H,6-7,10,17-20,22-23H2,1-5H3,(H,33,37). The van der Waals surface area contributed by atoms with Crippen molar-refractivity contribution in [3.05, 3.63) is 75.5 Å². The third-order valence-corrected chi connectivity index (χ3v) is 7.77. The third kappa shape index (κ3) is 9.79. The van der Waals surface area contributed by atoms with Gasteiger partial charge >= 0.3 is 6.03 Å². The lowest BCUT2D eigenvalue weighted by Gasteiger charge is -2.28. The van der Waals surface area contributed by atoms with Crippen molar-refractivity contribution >= 4 is 29.0 Å². The molecule has 41 heavy (non-hydrogen) atoms. The van der Waals surface area contributed by atoms with Crippen LogP contribution in [0.2, 0.25) is 0 Å². The van der Waals surface area contributed by atoms with E-state index in [2.05, 4.69) is 31.3 Å². The predicted octanol–water partition coefficient (Wildman–Crippen LogP) is 6.17. The van der Waals surface area contributed by atoms with Crippen molar-refractivity contribution in [1.82, 2.24) is 9.80 Å². The molecule has 1 heterocycles. The first-order valence-corrected chi connectivity index (χ1v) is 15.0. The quantitative estimate of drug-likeness (QED) is 0.205. The van der Waals surface area contributed by atoms with Crippen LogP contribution in [0.4, 0.5) is 10.5 Å². The van der Waals surface area contributed by atoms with Gasteiger partial charge in [-0.3, -0.25) is 4.79 Å². The van der Waals surface area contributed by atoms with Crippen molar-refractivity contribution in [3.63, 3.8) is 0 Å². The van der Waals surface area contributed by atoms with Crippen LogP contribution in [-0.4, -0.2) is 68.8 Å². The molecule has 3 amide bonds. The molecule has 8 nitrogen and oxygen atoms in total. The number of nitrogens with one attached hydrogen (secondary N) is 1. The number of benzene rings is 2.